The highest BCUT2D eigenvalue weighted by Crippen LogP contribution is 2.17. The lowest BCUT2D eigenvalue weighted by Gasteiger charge is -2.07. The van der Waals surface area contributed by atoms with Gasteiger partial charge in [0.1, 0.15) is 17.3 Å². The molecule has 1 rings (SSSR count). The van der Waals surface area contributed by atoms with E-state index in [4.69, 9.17) is 5.11 Å². The third-order valence-electron chi connectivity index (χ3n) is 1.80. The molecule has 0 bridgehead atoms. The molecule has 2 amide bonds. The Hall–Kier alpha value is -2.02. The van der Waals surface area contributed by atoms with Crippen molar-refractivity contribution < 1.29 is 23.5 Å². The van der Waals surface area contributed by atoms with Gasteiger partial charge in [0, 0.05) is 6.54 Å². The molecule has 0 saturated heterocycles. The van der Waals surface area contributed by atoms with E-state index in [0.29, 0.717) is 0 Å². The van der Waals surface area contributed by atoms with Crippen LogP contribution in [0.2, 0.25) is 0 Å². The first-order chi connectivity index (χ1) is 8.06. The minimum Gasteiger partial charge on any atom is -0.395 e. The summed E-state index contributed by atoms with van der Waals surface area (Å²) in [6.07, 6.45) is 0. The molecule has 0 aromatic heterocycles. The zero-order valence-corrected chi connectivity index (χ0v) is 8.67. The maximum absolute atomic E-state index is 13.1. The van der Waals surface area contributed by atoms with Crippen molar-refractivity contribution >= 4 is 17.5 Å². The molecule has 3 N–H and O–H groups in total. The van der Waals surface area contributed by atoms with E-state index in [1.165, 1.54) is 0 Å². The number of aliphatic hydroxyl groups is 1. The van der Waals surface area contributed by atoms with Gasteiger partial charge < -0.3 is 15.7 Å². The third kappa shape index (κ3) is 3.49. The number of amides is 2. The maximum atomic E-state index is 13.1. The van der Waals surface area contributed by atoms with Gasteiger partial charge in [0.05, 0.1) is 6.61 Å². The van der Waals surface area contributed by atoms with Gasteiger partial charge in [-0.05, 0) is 12.1 Å². The fourth-order valence-electron chi connectivity index (χ4n) is 1.04. The summed E-state index contributed by atoms with van der Waals surface area (Å²) in [4.78, 5) is 22.2. The first kappa shape index (κ1) is 13.0. The van der Waals surface area contributed by atoms with E-state index < -0.39 is 29.1 Å². The topological polar surface area (TPSA) is 78.4 Å². The minimum atomic E-state index is -1.21. The Labute approximate surface area is 95.4 Å². The molecule has 92 valence electrons. The summed E-state index contributed by atoms with van der Waals surface area (Å²) in [6.45, 7) is -0.459. The molecule has 0 aliphatic heterocycles. The second kappa shape index (κ2) is 5.90. The van der Waals surface area contributed by atoms with Crippen LogP contribution in [0.25, 0.3) is 0 Å². The van der Waals surface area contributed by atoms with Crippen molar-refractivity contribution in [2.24, 2.45) is 0 Å². The molecule has 0 aliphatic rings. The van der Waals surface area contributed by atoms with E-state index >= 15 is 0 Å². The lowest BCUT2D eigenvalue weighted by molar-refractivity contribution is -0.136. The molecule has 0 fully saturated rings. The van der Waals surface area contributed by atoms with E-state index in [0.717, 1.165) is 18.2 Å². The molecule has 7 heteroatoms. The summed E-state index contributed by atoms with van der Waals surface area (Å²) < 4.78 is 26.2. The predicted octanol–water partition coefficient (Wildman–Crippen LogP) is 0.0118. The number of hydrogen-bond donors (Lipinski definition) is 3. The van der Waals surface area contributed by atoms with E-state index in [9.17, 15) is 18.4 Å². The first-order valence-corrected chi connectivity index (χ1v) is 4.70. The van der Waals surface area contributed by atoms with Gasteiger partial charge in [-0.25, -0.2) is 8.78 Å². The molecule has 1 aromatic carbocycles. The molecular formula is C10H10F2N2O3. The first-order valence-electron chi connectivity index (χ1n) is 4.70. The van der Waals surface area contributed by atoms with Crippen LogP contribution in [-0.4, -0.2) is 30.1 Å². The van der Waals surface area contributed by atoms with Gasteiger partial charge in [0.25, 0.3) is 0 Å². The average Bonchev–Trinajstić information content (AvgIpc) is 2.30. The summed E-state index contributed by atoms with van der Waals surface area (Å²) in [7, 11) is 0. The van der Waals surface area contributed by atoms with E-state index in [-0.39, 0.29) is 13.2 Å². The highest BCUT2D eigenvalue weighted by Gasteiger charge is 2.17. The van der Waals surface area contributed by atoms with Gasteiger partial charge in [0.15, 0.2) is 0 Å². The zero-order valence-electron chi connectivity index (χ0n) is 8.67. The van der Waals surface area contributed by atoms with Gasteiger partial charge in [0.2, 0.25) is 0 Å². The molecule has 5 nitrogen and oxygen atoms in total. The average molecular weight is 244 g/mol. The second-order valence-electron chi connectivity index (χ2n) is 3.03. The molecule has 0 spiro atoms. The van der Waals surface area contributed by atoms with Crippen molar-refractivity contribution in [3.8, 4) is 0 Å². The quantitative estimate of drug-likeness (QED) is 0.655. The number of aliphatic hydroxyl groups excluding tert-OH is 1. The van der Waals surface area contributed by atoms with Crippen molar-refractivity contribution in [1.29, 1.82) is 0 Å². The number of nitrogens with one attached hydrogen (secondary N) is 2. The molecule has 0 heterocycles. The van der Waals surface area contributed by atoms with Gasteiger partial charge in [-0.3, -0.25) is 9.59 Å². The van der Waals surface area contributed by atoms with Crippen LogP contribution in [0.4, 0.5) is 14.5 Å². The van der Waals surface area contributed by atoms with Crippen LogP contribution < -0.4 is 10.6 Å². The molecule has 0 aliphatic carbocycles. The van der Waals surface area contributed by atoms with Gasteiger partial charge in [-0.15, -0.1) is 0 Å². The van der Waals surface area contributed by atoms with Crippen LogP contribution in [0, 0.1) is 11.6 Å². The monoisotopic (exact) mass is 244 g/mol. The number of rotatable bonds is 3. The second-order valence-corrected chi connectivity index (χ2v) is 3.03. The molecule has 0 unspecified atom stereocenters. The van der Waals surface area contributed by atoms with Crippen molar-refractivity contribution in [2.45, 2.75) is 0 Å². The molecule has 0 saturated carbocycles. The normalized spacial score (nSPS) is 9.82. The van der Waals surface area contributed by atoms with E-state index in [1.807, 2.05) is 5.32 Å². The number of benzene rings is 1. The molecule has 17 heavy (non-hydrogen) atoms. The SMILES string of the molecule is O=C(NCCO)C(=O)Nc1c(F)cccc1F. The van der Waals surface area contributed by atoms with Crippen LogP contribution in [0.5, 0.6) is 0 Å². The highest BCUT2D eigenvalue weighted by molar-refractivity contribution is 6.39. The van der Waals surface area contributed by atoms with Crippen molar-refractivity contribution in [3.05, 3.63) is 29.8 Å². The Morgan fingerprint density at radius 2 is 1.76 bits per heavy atom. The molecule has 0 radical (unpaired) electrons. The summed E-state index contributed by atoms with van der Waals surface area (Å²) in [5.74, 6) is -4.24. The number of hydrogen-bond acceptors (Lipinski definition) is 3. The Kier molecular flexibility index (Phi) is 4.53. The fraction of sp³-hybridized carbons (Fsp3) is 0.200. The Morgan fingerprint density at radius 1 is 1.18 bits per heavy atom. The van der Waals surface area contributed by atoms with Gasteiger partial charge in [-0.1, -0.05) is 6.07 Å². The number of halogens is 2. The van der Waals surface area contributed by atoms with Gasteiger partial charge in [-0.2, -0.15) is 0 Å². The summed E-state index contributed by atoms with van der Waals surface area (Å²) in [6, 6.07) is 3.03. The molecular weight excluding hydrogens is 234 g/mol. The van der Waals surface area contributed by atoms with Crippen LogP contribution in [-0.2, 0) is 9.59 Å². The largest absolute Gasteiger partial charge is 0.395 e. The van der Waals surface area contributed by atoms with Crippen molar-refractivity contribution in [2.75, 3.05) is 18.5 Å². The van der Waals surface area contributed by atoms with Crippen LogP contribution in [0.3, 0.4) is 0 Å². The maximum Gasteiger partial charge on any atom is 0.313 e. The highest BCUT2D eigenvalue weighted by atomic mass is 19.1. The Bertz CT molecular complexity index is 417. The van der Waals surface area contributed by atoms with Crippen molar-refractivity contribution in [1.82, 2.24) is 5.32 Å². The lowest BCUT2D eigenvalue weighted by atomic mass is 10.3. The smallest absolute Gasteiger partial charge is 0.313 e. The number of carbonyl (C=O) groups is 2. The standard InChI is InChI=1S/C10H10F2N2O3/c11-6-2-1-3-7(12)8(6)14-10(17)9(16)13-4-5-15/h1-3,15H,4-5H2,(H,13,16)(H,14,17). The Morgan fingerprint density at radius 3 is 2.29 bits per heavy atom. The number of anilines is 1. The fourth-order valence-corrected chi connectivity index (χ4v) is 1.04. The predicted molar refractivity (Wildman–Crippen MR) is 55.1 cm³/mol. The Balaban J connectivity index is 2.71. The van der Waals surface area contributed by atoms with Crippen LogP contribution in [0.1, 0.15) is 0 Å². The summed E-state index contributed by atoms with van der Waals surface area (Å²) >= 11 is 0. The third-order valence-corrected chi connectivity index (χ3v) is 1.80. The van der Waals surface area contributed by atoms with Crippen LogP contribution in [0.15, 0.2) is 18.2 Å². The zero-order chi connectivity index (χ0) is 12.8. The van der Waals surface area contributed by atoms with E-state index in [2.05, 4.69) is 0 Å². The molecule has 0 atom stereocenters. The van der Waals surface area contributed by atoms with Gasteiger partial charge >= 0.3 is 11.8 Å². The minimum absolute atomic E-state index is 0.119. The molecule has 1 aromatic rings. The summed E-state index contributed by atoms with van der Waals surface area (Å²) in [5, 5.41) is 12.3. The van der Waals surface area contributed by atoms with E-state index in [1.54, 1.807) is 5.32 Å². The lowest BCUT2D eigenvalue weighted by Crippen LogP contribution is -2.37. The summed E-state index contributed by atoms with van der Waals surface area (Å²) in [5.41, 5.74) is -0.684. The number of para-hydroxylation sites is 1. The number of carbonyl (C=O) groups excluding carboxylic acids is 2. The van der Waals surface area contributed by atoms with Crippen LogP contribution >= 0.6 is 0 Å². The van der Waals surface area contributed by atoms with Crippen molar-refractivity contribution in [3.63, 3.8) is 0 Å².